The highest BCUT2D eigenvalue weighted by atomic mass is 16.4. The number of carbonyl (C=O) groups is 2. The van der Waals surface area contributed by atoms with Crippen LogP contribution >= 0.6 is 0 Å². The Morgan fingerprint density at radius 1 is 1.22 bits per heavy atom. The lowest BCUT2D eigenvalue weighted by Crippen LogP contribution is -2.43. The average molecular weight is 253 g/mol. The Bertz CT molecular complexity index is 336. The standard InChI is InChI=1S/C14H23NO3/c1-14(6-3-7-14)9-15-12(16)10-4-2-5-11(8-10)13(17)18/h10-11H,2-9H2,1H3,(H,15,16)(H,17,18). The van der Waals surface area contributed by atoms with Crippen molar-refractivity contribution in [3.63, 3.8) is 0 Å². The zero-order chi connectivity index (χ0) is 13.2. The molecule has 0 radical (unpaired) electrons. The van der Waals surface area contributed by atoms with Gasteiger partial charge in [0.15, 0.2) is 0 Å². The Balaban J connectivity index is 1.79. The molecular formula is C14H23NO3. The van der Waals surface area contributed by atoms with Gasteiger partial charge in [-0.1, -0.05) is 19.8 Å². The molecule has 1 amide bonds. The van der Waals surface area contributed by atoms with E-state index in [4.69, 9.17) is 5.11 Å². The van der Waals surface area contributed by atoms with Gasteiger partial charge in [0.1, 0.15) is 0 Å². The third-order valence-corrected chi connectivity index (χ3v) is 4.64. The summed E-state index contributed by atoms with van der Waals surface area (Å²) in [6.45, 7) is 2.96. The first-order valence-corrected chi connectivity index (χ1v) is 7.01. The monoisotopic (exact) mass is 253 g/mol. The maximum absolute atomic E-state index is 12.0. The number of hydrogen-bond acceptors (Lipinski definition) is 2. The molecule has 2 atom stereocenters. The molecule has 4 nitrogen and oxygen atoms in total. The fourth-order valence-corrected chi connectivity index (χ4v) is 3.05. The predicted octanol–water partition coefficient (Wildman–Crippen LogP) is 2.18. The normalized spacial score (nSPS) is 30.3. The van der Waals surface area contributed by atoms with Crippen molar-refractivity contribution in [1.82, 2.24) is 5.32 Å². The van der Waals surface area contributed by atoms with Gasteiger partial charge in [0.25, 0.3) is 0 Å². The smallest absolute Gasteiger partial charge is 0.306 e. The van der Waals surface area contributed by atoms with Crippen LogP contribution in [-0.4, -0.2) is 23.5 Å². The van der Waals surface area contributed by atoms with Crippen LogP contribution in [0.1, 0.15) is 51.9 Å². The molecule has 2 N–H and O–H groups in total. The number of carboxylic acids is 1. The van der Waals surface area contributed by atoms with Crippen LogP contribution in [0.4, 0.5) is 0 Å². The summed E-state index contributed by atoms with van der Waals surface area (Å²) in [5, 5.41) is 12.0. The maximum atomic E-state index is 12.0. The summed E-state index contributed by atoms with van der Waals surface area (Å²) in [5.74, 6) is -1.11. The minimum Gasteiger partial charge on any atom is -0.481 e. The molecule has 0 spiro atoms. The minimum absolute atomic E-state index is 0.0640. The number of nitrogens with one attached hydrogen (secondary N) is 1. The number of carboxylic acid groups (broad SMARTS) is 1. The first kappa shape index (κ1) is 13.4. The van der Waals surface area contributed by atoms with Gasteiger partial charge in [0.2, 0.25) is 5.91 Å². The molecule has 0 aromatic heterocycles. The van der Waals surface area contributed by atoms with Crippen LogP contribution in [0.15, 0.2) is 0 Å². The summed E-state index contributed by atoms with van der Waals surface area (Å²) in [7, 11) is 0. The molecule has 0 saturated heterocycles. The summed E-state index contributed by atoms with van der Waals surface area (Å²) in [5.41, 5.74) is 0.288. The molecule has 2 unspecified atom stereocenters. The van der Waals surface area contributed by atoms with Crippen molar-refractivity contribution in [2.24, 2.45) is 17.3 Å². The SMILES string of the molecule is CC1(CNC(=O)C2CCCC(C(=O)O)C2)CCC1. The Labute approximate surface area is 108 Å². The lowest BCUT2D eigenvalue weighted by Gasteiger charge is -2.39. The van der Waals surface area contributed by atoms with Crippen LogP contribution in [0.3, 0.4) is 0 Å². The Kier molecular flexibility index (Phi) is 3.93. The van der Waals surface area contributed by atoms with E-state index >= 15 is 0 Å². The number of aliphatic carboxylic acids is 1. The van der Waals surface area contributed by atoms with Crippen molar-refractivity contribution >= 4 is 11.9 Å². The summed E-state index contributed by atoms with van der Waals surface area (Å²) in [6, 6.07) is 0. The summed E-state index contributed by atoms with van der Waals surface area (Å²) in [4.78, 5) is 23.0. The second kappa shape index (κ2) is 5.29. The second-order valence-corrected chi connectivity index (χ2v) is 6.28. The highest BCUT2D eigenvalue weighted by Gasteiger charge is 2.34. The van der Waals surface area contributed by atoms with E-state index in [1.807, 2.05) is 0 Å². The summed E-state index contributed by atoms with van der Waals surface area (Å²) < 4.78 is 0. The third-order valence-electron chi connectivity index (χ3n) is 4.64. The van der Waals surface area contributed by atoms with Crippen molar-refractivity contribution in [1.29, 1.82) is 0 Å². The van der Waals surface area contributed by atoms with E-state index < -0.39 is 5.97 Å². The molecule has 4 heteroatoms. The van der Waals surface area contributed by atoms with Gasteiger partial charge in [0.05, 0.1) is 5.92 Å². The summed E-state index contributed by atoms with van der Waals surface area (Å²) in [6.07, 6.45) is 6.57. The van der Waals surface area contributed by atoms with Crippen molar-refractivity contribution in [3.8, 4) is 0 Å². The zero-order valence-electron chi connectivity index (χ0n) is 11.1. The molecule has 18 heavy (non-hydrogen) atoms. The number of rotatable bonds is 4. The van der Waals surface area contributed by atoms with Crippen molar-refractivity contribution in [2.75, 3.05) is 6.54 Å². The second-order valence-electron chi connectivity index (χ2n) is 6.28. The molecule has 0 aromatic rings. The molecule has 2 rings (SSSR count). The van der Waals surface area contributed by atoms with Crippen molar-refractivity contribution < 1.29 is 14.7 Å². The van der Waals surface area contributed by atoms with Crippen LogP contribution < -0.4 is 5.32 Å². The first-order valence-electron chi connectivity index (χ1n) is 7.01. The first-order chi connectivity index (χ1) is 8.50. The van der Waals surface area contributed by atoms with Crippen LogP contribution in [0.5, 0.6) is 0 Å². The Morgan fingerprint density at radius 2 is 1.89 bits per heavy atom. The molecule has 2 aliphatic rings. The zero-order valence-corrected chi connectivity index (χ0v) is 11.1. The van der Waals surface area contributed by atoms with E-state index in [2.05, 4.69) is 12.2 Å². The van der Waals surface area contributed by atoms with E-state index in [9.17, 15) is 9.59 Å². The van der Waals surface area contributed by atoms with E-state index in [-0.39, 0.29) is 23.2 Å². The highest BCUT2D eigenvalue weighted by Crippen LogP contribution is 2.39. The lowest BCUT2D eigenvalue weighted by atomic mass is 9.70. The summed E-state index contributed by atoms with van der Waals surface area (Å²) >= 11 is 0. The molecule has 102 valence electrons. The van der Waals surface area contributed by atoms with Crippen LogP contribution in [0, 0.1) is 17.3 Å². The molecule has 0 aromatic carbocycles. The largest absolute Gasteiger partial charge is 0.481 e. The van der Waals surface area contributed by atoms with Crippen LogP contribution in [0.25, 0.3) is 0 Å². The molecule has 2 fully saturated rings. The van der Waals surface area contributed by atoms with E-state index in [1.165, 1.54) is 19.3 Å². The van der Waals surface area contributed by atoms with Gasteiger partial charge < -0.3 is 10.4 Å². The van der Waals surface area contributed by atoms with Gasteiger partial charge in [0, 0.05) is 12.5 Å². The fraction of sp³-hybridized carbons (Fsp3) is 0.857. The lowest BCUT2D eigenvalue weighted by molar-refractivity contribution is -0.144. The molecular weight excluding hydrogens is 230 g/mol. The van der Waals surface area contributed by atoms with Crippen molar-refractivity contribution in [3.05, 3.63) is 0 Å². The minimum atomic E-state index is -0.751. The molecule has 0 bridgehead atoms. The highest BCUT2D eigenvalue weighted by molar-refractivity contribution is 5.80. The number of amides is 1. The van der Waals surface area contributed by atoms with Crippen LogP contribution in [0.2, 0.25) is 0 Å². The number of carbonyl (C=O) groups excluding carboxylic acids is 1. The van der Waals surface area contributed by atoms with Gasteiger partial charge in [-0.15, -0.1) is 0 Å². The number of hydrogen-bond donors (Lipinski definition) is 2. The van der Waals surface area contributed by atoms with Gasteiger partial charge in [-0.3, -0.25) is 9.59 Å². The van der Waals surface area contributed by atoms with Gasteiger partial charge in [-0.2, -0.15) is 0 Å². The fourth-order valence-electron chi connectivity index (χ4n) is 3.05. The molecule has 2 aliphatic carbocycles. The molecule has 0 aliphatic heterocycles. The average Bonchev–Trinajstić information content (AvgIpc) is 2.33. The van der Waals surface area contributed by atoms with Gasteiger partial charge in [-0.25, -0.2) is 0 Å². The maximum Gasteiger partial charge on any atom is 0.306 e. The quantitative estimate of drug-likeness (QED) is 0.807. The van der Waals surface area contributed by atoms with E-state index in [0.29, 0.717) is 6.42 Å². The van der Waals surface area contributed by atoms with E-state index in [1.54, 1.807) is 0 Å². The van der Waals surface area contributed by atoms with Crippen molar-refractivity contribution in [2.45, 2.75) is 51.9 Å². The molecule has 2 saturated carbocycles. The predicted molar refractivity (Wildman–Crippen MR) is 68.1 cm³/mol. The Hall–Kier alpha value is -1.06. The van der Waals surface area contributed by atoms with Gasteiger partial charge >= 0.3 is 5.97 Å². The van der Waals surface area contributed by atoms with E-state index in [0.717, 1.165) is 25.8 Å². The topological polar surface area (TPSA) is 66.4 Å². The van der Waals surface area contributed by atoms with Crippen LogP contribution in [-0.2, 0) is 9.59 Å². The molecule has 0 heterocycles. The third kappa shape index (κ3) is 3.03. The Morgan fingerprint density at radius 3 is 2.44 bits per heavy atom. The van der Waals surface area contributed by atoms with Gasteiger partial charge in [-0.05, 0) is 37.5 Å².